The number of anilines is 1. The number of benzene rings is 1. The van der Waals surface area contributed by atoms with E-state index < -0.39 is 24.5 Å². The van der Waals surface area contributed by atoms with E-state index in [-0.39, 0.29) is 13.2 Å². The van der Waals surface area contributed by atoms with E-state index in [0.29, 0.717) is 33.7 Å². The van der Waals surface area contributed by atoms with Crippen LogP contribution in [0, 0.1) is 5.92 Å². The van der Waals surface area contributed by atoms with Crippen LogP contribution in [0.15, 0.2) is 29.6 Å². The Bertz CT molecular complexity index is 878. The molecule has 9 heteroatoms. The topological polar surface area (TPSA) is 90.9 Å². The summed E-state index contributed by atoms with van der Waals surface area (Å²) in [5.74, 6) is -0.956. The first-order valence-electron chi connectivity index (χ1n) is 9.41. The van der Waals surface area contributed by atoms with Crippen molar-refractivity contribution in [3.8, 4) is 5.75 Å². The van der Waals surface area contributed by atoms with E-state index in [0.717, 1.165) is 5.56 Å². The Labute approximate surface area is 184 Å². The van der Waals surface area contributed by atoms with Gasteiger partial charge in [0.2, 0.25) is 0 Å². The van der Waals surface area contributed by atoms with Gasteiger partial charge in [-0.1, -0.05) is 25.4 Å². The van der Waals surface area contributed by atoms with Gasteiger partial charge in [0.1, 0.15) is 10.8 Å². The van der Waals surface area contributed by atoms with E-state index in [9.17, 15) is 14.4 Å². The number of hydrogen-bond donors (Lipinski definition) is 1. The third-order valence-electron chi connectivity index (χ3n) is 3.76. The third kappa shape index (κ3) is 7.35. The Morgan fingerprint density at radius 3 is 2.43 bits per heavy atom. The van der Waals surface area contributed by atoms with Crippen molar-refractivity contribution < 1.29 is 28.6 Å². The zero-order valence-corrected chi connectivity index (χ0v) is 18.6. The van der Waals surface area contributed by atoms with Crippen LogP contribution in [0.3, 0.4) is 0 Å². The number of hydrogen-bond acceptors (Lipinski definition) is 7. The van der Waals surface area contributed by atoms with Crippen molar-refractivity contribution in [2.75, 3.05) is 25.1 Å². The molecule has 1 aromatic heterocycles. The van der Waals surface area contributed by atoms with E-state index in [1.165, 1.54) is 11.3 Å². The number of halogens is 1. The molecule has 30 heavy (non-hydrogen) atoms. The minimum absolute atomic E-state index is 0.231. The standard InChI is InChI=1S/C21H24ClNO6S/c1-4-27-21(26)19-14(9-13(2)3)12-30-20(19)23-17(24)10-29-18(25)11-28-16-7-5-15(22)6-8-16/h5-8,12-13H,4,9-11H2,1-3H3,(H,23,24). The van der Waals surface area contributed by atoms with Crippen LogP contribution in [-0.4, -0.2) is 37.7 Å². The molecular weight excluding hydrogens is 430 g/mol. The number of carbonyl (C=O) groups excluding carboxylic acids is 3. The Kier molecular flexibility index (Phi) is 9.14. The van der Waals surface area contributed by atoms with Gasteiger partial charge in [0.15, 0.2) is 13.2 Å². The average Bonchev–Trinajstić information content (AvgIpc) is 3.07. The minimum Gasteiger partial charge on any atom is -0.482 e. The number of thiophene rings is 1. The zero-order chi connectivity index (χ0) is 22.1. The first-order chi connectivity index (χ1) is 14.3. The van der Waals surface area contributed by atoms with E-state index in [2.05, 4.69) is 5.32 Å². The molecular formula is C21H24ClNO6S. The van der Waals surface area contributed by atoms with E-state index in [1.807, 2.05) is 19.2 Å². The molecule has 0 atom stereocenters. The molecule has 1 heterocycles. The lowest BCUT2D eigenvalue weighted by atomic mass is 10.0. The molecule has 0 bridgehead atoms. The maximum atomic E-state index is 12.3. The summed E-state index contributed by atoms with van der Waals surface area (Å²) in [4.78, 5) is 36.3. The van der Waals surface area contributed by atoms with Crippen LogP contribution in [0.2, 0.25) is 5.02 Å². The van der Waals surface area contributed by atoms with Crippen molar-refractivity contribution in [3.63, 3.8) is 0 Å². The summed E-state index contributed by atoms with van der Waals surface area (Å²) in [6.45, 7) is 5.18. The smallest absolute Gasteiger partial charge is 0.344 e. The normalized spacial score (nSPS) is 10.6. The van der Waals surface area contributed by atoms with E-state index in [1.54, 1.807) is 31.2 Å². The molecule has 0 aliphatic rings. The Morgan fingerprint density at radius 2 is 1.80 bits per heavy atom. The summed E-state index contributed by atoms with van der Waals surface area (Å²) in [6.07, 6.45) is 0.678. The SMILES string of the molecule is CCOC(=O)c1c(CC(C)C)csc1NC(=O)COC(=O)COc1ccc(Cl)cc1. The molecule has 1 aromatic carbocycles. The molecule has 1 amide bonds. The molecule has 0 fully saturated rings. The van der Waals surface area contributed by atoms with Gasteiger partial charge < -0.3 is 19.5 Å². The first kappa shape index (κ1) is 23.7. The van der Waals surface area contributed by atoms with Gasteiger partial charge in [0.25, 0.3) is 5.91 Å². The molecule has 162 valence electrons. The Hall–Kier alpha value is -2.58. The molecule has 7 nitrogen and oxygen atoms in total. The highest BCUT2D eigenvalue weighted by molar-refractivity contribution is 7.15. The molecule has 0 aliphatic carbocycles. The molecule has 0 spiro atoms. The van der Waals surface area contributed by atoms with Gasteiger partial charge in [0.05, 0.1) is 12.2 Å². The molecule has 1 N–H and O–H groups in total. The van der Waals surface area contributed by atoms with Crippen molar-refractivity contribution in [1.29, 1.82) is 0 Å². The van der Waals surface area contributed by atoms with Gasteiger partial charge >= 0.3 is 11.9 Å². The second-order valence-electron chi connectivity index (χ2n) is 6.73. The Balaban J connectivity index is 1.90. The van der Waals surface area contributed by atoms with Crippen LogP contribution in [-0.2, 0) is 25.5 Å². The zero-order valence-electron chi connectivity index (χ0n) is 17.0. The summed E-state index contributed by atoms with van der Waals surface area (Å²) in [5, 5.41) is 5.38. The van der Waals surface area contributed by atoms with Crippen molar-refractivity contribution in [2.45, 2.75) is 27.2 Å². The fraction of sp³-hybridized carbons (Fsp3) is 0.381. The van der Waals surface area contributed by atoms with Crippen LogP contribution >= 0.6 is 22.9 Å². The lowest BCUT2D eigenvalue weighted by molar-refractivity contribution is -0.149. The summed E-state index contributed by atoms with van der Waals surface area (Å²) in [5.41, 5.74) is 1.17. The van der Waals surface area contributed by atoms with Gasteiger partial charge in [0, 0.05) is 5.02 Å². The molecule has 0 saturated heterocycles. The molecule has 0 radical (unpaired) electrons. The fourth-order valence-corrected chi connectivity index (χ4v) is 3.63. The second kappa shape index (κ2) is 11.6. The summed E-state index contributed by atoms with van der Waals surface area (Å²) < 4.78 is 15.3. The molecule has 0 aliphatic heterocycles. The van der Waals surface area contributed by atoms with Gasteiger partial charge in [-0.2, -0.15) is 0 Å². The van der Waals surface area contributed by atoms with E-state index >= 15 is 0 Å². The predicted molar refractivity (Wildman–Crippen MR) is 115 cm³/mol. The predicted octanol–water partition coefficient (Wildman–Crippen LogP) is 4.34. The molecule has 0 saturated carbocycles. The second-order valence-corrected chi connectivity index (χ2v) is 8.05. The molecule has 0 unspecified atom stereocenters. The van der Waals surface area contributed by atoms with Crippen molar-refractivity contribution in [1.82, 2.24) is 0 Å². The van der Waals surface area contributed by atoms with Crippen LogP contribution in [0.4, 0.5) is 5.00 Å². The maximum absolute atomic E-state index is 12.3. The fourth-order valence-electron chi connectivity index (χ4n) is 2.53. The summed E-state index contributed by atoms with van der Waals surface area (Å²) in [6, 6.07) is 6.49. The number of ether oxygens (including phenoxy) is 3. The van der Waals surface area contributed by atoms with Crippen molar-refractivity contribution in [3.05, 3.63) is 45.8 Å². The monoisotopic (exact) mass is 453 g/mol. The van der Waals surface area contributed by atoms with Gasteiger partial charge in [-0.3, -0.25) is 4.79 Å². The van der Waals surface area contributed by atoms with Crippen LogP contribution in [0.25, 0.3) is 0 Å². The number of rotatable bonds is 10. The largest absolute Gasteiger partial charge is 0.482 e. The highest BCUT2D eigenvalue weighted by atomic mass is 35.5. The van der Waals surface area contributed by atoms with Crippen LogP contribution in [0.1, 0.15) is 36.7 Å². The number of nitrogens with one attached hydrogen (secondary N) is 1. The quantitative estimate of drug-likeness (QED) is 0.538. The van der Waals surface area contributed by atoms with E-state index in [4.69, 9.17) is 25.8 Å². The van der Waals surface area contributed by atoms with Gasteiger partial charge in [-0.15, -0.1) is 11.3 Å². The highest BCUT2D eigenvalue weighted by Gasteiger charge is 2.22. The lowest BCUT2D eigenvalue weighted by Gasteiger charge is -2.10. The van der Waals surface area contributed by atoms with Crippen molar-refractivity contribution in [2.24, 2.45) is 5.92 Å². The highest BCUT2D eigenvalue weighted by Crippen LogP contribution is 2.31. The van der Waals surface area contributed by atoms with Crippen LogP contribution < -0.4 is 10.1 Å². The Morgan fingerprint density at radius 1 is 1.10 bits per heavy atom. The van der Waals surface area contributed by atoms with Gasteiger partial charge in [-0.05, 0) is 54.5 Å². The minimum atomic E-state index is -0.697. The third-order valence-corrected chi connectivity index (χ3v) is 4.96. The van der Waals surface area contributed by atoms with Gasteiger partial charge in [-0.25, -0.2) is 9.59 Å². The van der Waals surface area contributed by atoms with Crippen molar-refractivity contribution >= 4 is 45.8 Å². The average molecular weight is 454 g/mol. The molecule has 2 rings (SSSR count). The first-order valence-corrected chi connectivity index (χ1v) is 10.7. The number of carbonyl (C=O) groups is 3. The lowest BCUT2D eigenvalue weighted by Crippen LogP contribution is -2.24. The summed E-state index contributed by atoms with van der Waals surface area (Å²) >= 11 is 7.01. The maximum Gasteiger partial charge on any atom is 0.344 e. The molecule has 2 aromatic rings. The number of amides is 1. The summed E-state index contributed by atoms with van der Waals surface area (Å²) in [7, 11) is 0. The van der Waals surface area contributed by atoms with Crippen LogP contribution in [0.5, 0.6) is 5.75 Å². The number of esters is 2.